The van der Waals surface area contributed by atoms with Gasteiger partial charge in [-0.2, -0.15) is 0 Å². The first-order valence-corrected chi connectivity index (χ1v) is 13.1. The van der Waals surface area contributed by atoms with Crippen molar-refractivity contribution in [3.63, 3.8) is 0 Å². The highest BCUT2D eigenvalue weighted by Gasteiger charge is 2.24. The van der Waals surface area contributed by atoms with E-state index in [9.17, 15) is 0 Å². The number of rotatable bonds is 18. The molecule has 1 aromatic rings. The van der Waals surface area contributed by atoms with Crippen molar-refractivity contribution in [1.82, 2.24) is 9.80 Å². The van der Waals surface area contributed by atoms with E-state index in [0.29, 0.717) is 6.17 Å². The molecule has 0 bridgehead atoms. The van der Waals surface area contributed by atoms with Crippen LogP contribution in [0.5, 0.6) is 0 Å². The van der Waals surface area contributed by atoms with E-state index in [1.54, 1.807) is 0 Å². The van der Waals surface area contributed by atoms with Crippen LogP contribution in [0.4, 0.5) is 0 Å². The molecule has 1 aromatic carbocycles. The van der Waals surface area contributed by atoms with Gasteiger partial charge in [-0.15, -0.1) is 0 Å². The van der Waals surface area contributed by atoms with Crippen molar-refractivity contribution in [2.75, 3.05) is 13.1 Å². The predicted octanol–water partition coefficient (Wildman–Crippen LogP) is 8.15. The van der Waals surface area contributed by atoms with E-state index in [1.165, 1.54) is 102 Å². The maximum absolute atomic E-state index is 2.57. The summed E-state index contributed by atoms with van der Waals surface area (Å²) < 4.78 is 0. The van der Waals surface area contributed by atoms with Gasteiger partial charge in [-0.25, -0.2) is 0 Å². The molecule has 2 nitrogen and oxygen atoms in total. The second-order valence-electron chi connectivity index (χ2n) is 9.13. The van der Waals surface area contributed by atoms with Gasteiger partial charge in [0.1, 0.15) is 6.17 Å². The summed E-state index contributed by atoms with van der Waals surface area (Å²) in [5.74, 6) is 0. The van der Waals surface area contributed by atoms with E-state index in [-0.39, 0.29) is 0 Å². The quantitative estimate of drug-likeness (QED) is 0.224. The molecule has 170 valence electrons. The lowest BCUT2D eigenvalue weighted by Gasteiger charge is -2.32. The van der Waals surface area contributed by atoms with Gasteiger partial charge in [0.15, 0.2) is 0 Å². The van der Waals surface area contributed by atoms with E-state index in [4.69, 9.17) is 0 Å². The zero-order valence-electron chi connectivity index (χ0n) is 20.0. The fourth-order valence-corrected chi connectivity index (χ4v) is 4.65. The number of unbranched alkanes of at least 4 members (excludes halogenated alkanes) is 13. The Morgan fingerprint density at radius 2 is 1.10 bits per heavy atom. The minimum atomic E-state index is 0.499. The van der Waals surface area contributed by atoms with Crippen LogP contribution in [0.15, 0.2) is 42.7 Å². The van der Waals surface area contributed by atoms with Crippen LogP contribution in [-0.4, -0.2) is 29.1 Å². The van der Waals surface area contributed by atoms with Crippen LogP contribution in [0, 0.1) is 0 Å². The molecule has 0 saturated heterocycles. The summed E-state index contributed by atoms with van der Waals surface area (Å²) in [5.41, 5.74) is 1.44. The average molecular weight is 413 g/mol. The molecule has 1 aliphatic rings. The van der Waals surface area contributed by atoms with Crippen LogP contribution in [0.25, 0.3) is 0 Å². The second kappa shape index (κ2) is 16.3. The standard InChI is InChI=1S/C28H48N2/c1-3-5-6-7-8-9-10-11-12-13-14-15-16-20-23-30-25-24-29(4-2)28(30)26-27-21-18-17-19-22-27/h17-19,21-22,24-25,28H,3-16,20,23,26H2,1-2H3. The number of benzene rings is 1. The van der Waals surface area contributed by atoms with Crippen LogP contribution in [0.1, 0.15) is 109 Å². The maximum Gasteiger partial charge on any atom is 0.105 e. The summed E-state index contributed by atoms with van der Waals surface area (Å²) in [4.78, 5) is 5.05. The smallest absolute Gasteiger partial charge is 0.105 e. The van der Waals surface area contributed by atoms with Gasteiger partial charge in [-0.05, 0) is 18.9 Å². The van der Waals surface area contributed by atoms with Crippen LogP contribution in [0.3, 0.4) is 0 Å². The summed E-state index contributed by atoms with van der Waals surface area (Å²) in [7, 11) is 0. The van der Waals surface area contributed by atoms with Gasteiger partial charge < -0.3 is 9.80 Å². The number of hydrogen-bond acceptors (Lipinski definition) is 2. The monoisotopic (exact) mass is 412 g/mol. The first-order valence-electron chi connectivity index (χ1n) is 13.1. The topological polar surface area (TPSA) is 6.48 Å². The molecule has 0 N–H and O–H groups in total. The Morgan fingerprint density at radius 3 is 1.63 bits per heavy atom. The van der Waals surface area contributed by atoms with Crippen molar-refractivity contribution in [2.24, 2.45) is 0 Å². The van der Waals surface area contributed by atoms with Crippen LogP contribution < -0.4 is 0 Å². The van der Waals surface area contributed by atoms with Gasteiger partial charge in [0.25, 0.3) is 0 Å². The minimum absolute atomic E-state index is 0.499. The van der Waals surface area contributed by atoms with Crippen LogP contribution in [0.2, 0.25) is 0 Å². The normalized spacial score (nSPS) is 16.0. The molecule has 0 spiro atoms. The Labute approximate surface area is 187 Å². The molecule has 0 fully saturated rings. The lowest BCUT2D eigenvalue weighted by molar-refractivity contribution is 0.155. The third-order valence-corrected chi connectivity index (χ3v) is 6.61. The number of likely N-dealkylation sites (N-methyl/N-ethyl adjacent to an activating group) is 1. The fourth-order valence-electron chi connectivity index (χ4n) is 4.65. The summed E-state index contributed by atoms with van der Waals surface area (Å²) in [6, 6.07) is 11.0. The predicted molar refractivity (Wildman–Crippen MR) is 132 cm³/mol. The van der Waals surface area contributed by atoms with Gasteiger partial charge >= 0.3 is 0 Å². The molecule has 0 radical (unpaired) electrons. The summed E-state index contributed by atoms with van der Waals surface area (Å²) in [5, 5.41) is 0. The Hall–Kier alpha value is -1.44. The molecule has 0 aromatic heterocycles. The van der Waals surface area contributed by atoms with Gasteiger partial charge in [0.05, 0.1) is 0 Å². The molecule has 1 unspecified atom stereocenters. The average Bonchev–Trinajstić information content (AvgIpc) is 3.16. The highest BCUT2D eigenvalue weighted by atomic mass is 15.4. The molecular weight excluding hydrogens is 364 g/mol. The fraction of sp³-hybridized carbons (Fsp3) is 0.714. The zero-order chi connectivity index (χ0) is 21.3. The lowest BCUT2D eigenvalue weighted by Crippen LogP contribution is -2.40. The molecule has 1 atom stereocenters. The molecule has 30 heavy (non-hydrogen) atoms. The third kappa shape index (κ3) is 10.0. The molecule has 1 aliphatic heterocycles. The number of nitrogens with zero attached hydrogens (tertiary/aromatic N) is 2. The Bertz CT molecular complexity index is 539. The molecule has 1 heterocycles. The van der Waals surface area contributed by atoms with Crippen molar-refractivity contribution in [3.8, 4) is 0 Å². The van der Waals surface area contributed by atoms with Crippen LogP contribution >= 0.6 is 0 Å². The van der Waals surface area contributed by atoms with E-state index < -0.39 is 0 Å². The Morgan fingerprint density at radius 1 is 0.600 bits per heavy atom. The van der Waals surface area contributed by atoms with Gasteiger partial charge in [-0.1, -0.05) is 121 Å². The summed E-state index contributed by atoms with van der Waals surface area (Å²) >= 11 is 0. The van der Waals surface area contributed by atoms with Crippen molar-refractivity contribution >= 4 is 0 Å². The minimum Gasteiger partial charge on any atom is -0.356 e. The largest absolute Gasteiger partial charge is 0.356 e. The molecule has 0 saturated carbocycles. The molecule has 2 heteroatoms. The molecule has 0 aliphatic carbocycles. The SMILES string of the molecule is CCCCCCCCCCCCCCCCN1C=CN(CC)C1Cc1ccccc1. The van der Waals surface area contributed by atoms with Crippen molar-refractivity contribution < 1.29 is 0 Å². The van der Waals surface area contributed by atoms with Gasteiger partial charge in [0, 0.05) is 31.9 Å². The Balaban J connectivity index is 1.47. The first-order chi connectivity index (χ1) is 14.8. The Kier molecular flexibility index (Phi) is 13.5. The summed E-state index contributed by atoms with van der Waals surface area (Å²) in [6.07, 6.45) is 26.2. The maximum atomic E-state index is 2.57. The van der Waals surface area contributed by atoms with Crippen molar-refractivity contribution in [2.45, 2.75) is 116 Å². The van der Waals surface area contributed by atoms with E-state index >= 15 is 0 Å². The second-order valence-corrected chi connectivity index (χ2v) is 9.13. The first kappa shape index (κ1) is 24.8. The molecule has 2 rings (SSSR count). The highest BCUT2D eigenvalue weighted by Crippen LogP contribution is 2.21. The molecule has 0 amide bonds. The van der Waals surface area contributed by atoms with Crippen LogP contribution in [-0.2, 0) is 6.42 Å². The summed E-state index contributed by atoms with van der Waals surface area (Å²) in [6.45, 7) is 6.84. The molecular formula is C28H48N2. The zero-order valence-corrected chi connectivity index (χ0v) is 20.0. The van der Waals surface area contributed by atoms with E-state index in [2.05, 4.69) is 66.4 Å². The van der Waals surface area contributed by atoms with E-state index in [1.807, 2.05) is 0 Å². The highest BCUT2D eigenvalue weighted by molar-refractivity contribution is 5.17. The van der Waals surface area contributed by atoms with Crippen molar-refractivity contribution in [3.05, 3.63) is 48.3 Å². The van der Waals surface area contributed by atoms with Crippen molar-refractivity contribution in [1.29, 1.82) is 0 Å². The van der Waals surface area contributed by atoms with Gasteiger partial charge in [-0.3, -0.25) is 0 Å². The van der Waals surface area contributed by atoms with Gasteiger partial charge in [0.2, 0.25) is 0 Å². The lowest BCUT2D eigenvalue weighted by atomic mass is 10.0. The van der Waals surface area contributed by atoms with E-state index in [0.717, 1.165) is 13.0 Å². The number of hydrogen-bond donors (Lipinski definition) is 0. The third-order valence-electron chi connectivity index (χ3n) is 6.61.